The SMILES string of the molecule is COCCCC1(CO)CCCN(C(=O)C2(C)CCNCC2)C1.Cl. The van der Waals surface area contributed by atoms with Crippen LogP contribution in [0.2, 0.25) is 0 Å². The van der Waals surface area contributed by atoms with Crippen molar-refractivity contribution >= 4 is 18.3 Å². The van der Waals surface area contributed by atoms with Gasteiger partial charge in [-0.15, -0.1) is 12.4 Å². The number of rotatable bonds is 6. The minimum Gasteiger partial charge on any atom is -0.396 e. The fraction of sp³-hybridized carbons (Fsp3) is 0.941. The van der Waals surface area contributed by atoms with E-state index in [1.807, 2.05) is 4.90 Å². The van der Waals surface area contributed by atoms with Crippen molar-refractivity contribution in [2.45, 2.75) is 45.4 Å². The zero-order chi connectivity index (χ0) is 16.1. The quantitative estimate of drug-likeness (QED) is 0.719. The van der Waals surface area contributed by atoms with E-state index in [-0.39, 0.29) is 29.8 Å². The second-order valence-electron chi connectivity index (χ2n) is 7.40. The molecule has 23 heavy (non-hydrogen) atoms. The molecule has 2 fully saturated rings. The summed E-state index contributed by atoms with van der Waals surface area (Å²) in [5.74, 6) is 0.290. The maximum Gasteiger partial charge on any atom is 0.228 e. The minimum atomic E-state index is -0.226. The number of amides is 1. The lowest BCUT2D eigenvalue weighted by atomic mass is 9.74. The van der Waals surface area contributed by atoms with E-state index < -0.39 is 0 Å². The number of methoxy groups -OCH3 is 1. The highest BCUT2D eigenvalue weighted by atomic mass is 35.5. The minimum absolute atomic E-state index is 0. The predicted octanol–water partition coefficient (Wildman–Crippen LogP) is 1.83. The molecule has 1 unspecified atom stereocenters. The number of ether oxygens (including phenoxy) is 1. The zero-order valence-electron chi connectivity index (χ0n) is 14.6. The summed E-state index contributed by atoms with van der Waals surface area (Å²) in [6.45, 7) is 6.39. The maximum atomic E-state index is 13.0. The van der Waals surface area contributed by atoms with Crippen LogP contribution < -0.4 is 5.32 Å². The normalized spacial score (nSPS) is 27.3. The number of likely N-dealkylation sites (tertiary alicyclic amines) is 1. The number of nitrogens with one attached hydrogen (secondary N) is 1. The van der Waals surface area contributed by atoms with Crippen molar-refractivity contribution < 1.29 is 14.6 Å². The Morgan fingerprint density at radius 3 is 2.61 bits per heavy atom. The van der Waals surface area contributed by atoms with Gasteiger partial charge in [-0.3, -0.25) is 4.79 Å². The summed E-state index contributed by atoms with van der Waals surface area (Å²) in [7, 11) is 1.71. The second-order valence-corrected chi connectivity index (χ2v) is 7.40. The molecule has 1 amide bonds. The number of aliphatic hydroxyl groups excluding tert-OH is 1. The summed E-state index contributed by atoms with van der Waals surface area (Å²) >= 11 is 0. The summed E-state index contributed by atoms with van der Waals surface area (Å²) in [6, 6.07) is 0. The van der Waals surface area contributed by atoms with Crippen molar-refractivity contribution in [1.29, 1.82) is 0 Å². The molecule has 2 heterocycles. The van der Waals surface area contributed by atoms with E-state index in [1.165, 1.54) is 0 Å². The number of piperidine rings is 2. The second kappa shape index (κ2) is 9.21. The standard InChI is InChI=1S/C17H32N2O3.ClH/c1-16(7-9-18-10-8-16)15(21)19-11-3-5-17(13-19,14-20)6-4-12-22-2;/h18,20H,3-14H2,1-2H3;1H. The van der Waals surface area contributed by atoms with Gasteiger partial charge in [0.1, 0.15) is 0 Å². The molecule has 1 atom stereocenters. The lowest BCUT2D eigenvalue weighted by Crippen LogP contribution is -2.54. The molecule has 0 aromatic heterocycles. The maximum absolute atomic E-state index is 13.0. The van der Waals surface area contributed by atoms with Gasteiger partial charge in [0.05, 0.1) is 6.61 Å². The number of halogens is 1. The van der Waals surface area contributed by atoms with E-state index in [0.717, 1.165) is 64.8 Å². The Morgan fingerprint density at radius 1 is 1.30 bits per heavy atom. The number of nitrogens with zero attached hydrogens (tertiary/aromatic N) is 1. The smallest absolute Gasteiger partial charge is 0.228 e. The Labute approximate surface area is 146 Å². The molecule has 0 aromatic carbocycles. The third-order valence-electron chi connectivity index (χ3n) is 5.56. The van der Waals surface area contributed by atoms with Crippen molar-refractivity contribution in [3.63, 3.8) is 0 Å². The van der Waals surface area contributed by atoms with Gasteiger partial charge in [-0.2, -0.15) is 0 Å². The third-order valence-corrected chi connectivity index (χ3v) is 5.56. The molecule has 5 nitrogen and oxygen atoms in total. The van der Waals surface area contributed by atoms with Crippen LogP contribution in [0.3, 0.4) is 0 Å². The first-order chi connectivity index (χ1) is 10.6. The Morgan fingerprint density at radius 2 is 2.00 bits per heavy atom. The highest BCUT2D eigenvalue weighted by molar-refractivity contribution is 5.85. The molecule has 2 N–H and O–H groups in total. The van der Waals surface area contributed by atoms with Crippen LogP contribution in [0.1, 0.15) is 45.4 Å². The number of carbonyl (C=O) groups is 1. The fourth-order valence-corrected chi connectivity index (χ4v) is 3.96. The van der Waals surface area contributed by atoms with Crippen molar-refractivity contribution in [2.75, 3.05) is 46.5 Å². The number of hydrogen-bond acceptors (Lipinski definition) is 4. The Hall–Kier alpha value is -0.360. The van der Waals surface area contributed by atoms with Crippen LogP contribution in [0, 0.1) is 10.8 Å². The molecular weight excluding hydrogens is 316 g/mol. The van der Waals surface area contributed by atoms with E-state index >= 15 is 0 Å². The van der Waals surface area contributed by atoms with Crippen LogP contribution in [0.5, 0.6) is 0 Å². The molecule has 2 saturated heterocycles. The predicted molar refractivity (Wildman–Crippen MR) is 93.9 cm³/mol. The van der Waals surface area contributed by atoms with Gasteiger partial charge >= 0.3 is 0 Å². The molecule has 0 aliphatic carbocycles. The molecule has 136 valence electrons. The monoisotopic (exact) mass is 348 g/mol. The average molecular weight is 349 g/mol. The molecule has 2 aliphatic rings. The highest BCUT2D eigenvalue weighted by Gasteiger charge is 2.42. The Kier molecular flexibility index (Phi) is 8.28. The van der Waals surface area contributed by atoms with Crippen molar-refractivity contribution in [1.82, 2.24) is 10.2 Å². The van der Waals surface area contributed by atoms with Crippen molar-refractivity contribution in [3.05, 3.63) is 0 Å². The fourth-order valence-electron chi connectivity index (χ4n) is 3.96. The third kappa shape index (κ3) is 5.05. The molecule has 6 heteroatoms. The topological polar surface area (TPSA) is 61.8 Å². The van der Waals surface area contributed by atoms with Crippen molar-refractivity contribution in [3.8, 4) is 0 Å². The Bertz CT molecular complexity index is 375. The number of carbonyl (C=O) groups excluding carboxylic acids is 1. The van der Waals surface area contributed by atoms with Gasteiger partial charge in [-0.1, -0.05) is 6.92 Å². The van der Waals surface area contributed by atoms with E-state index in [2.05, 4.69) is 12.2 Å². The molecule has 0 bridgehead atoms. The van der Waals surface area contributed by atoms with E-state index in [0.29, 0.717) is 12.5 Å². The first-order valence-corrected chi connectivity index (χ1v) is 8.65. The van der Waals surface area contributed by atoms with Gasteiger partial charge in [0, 0.05) is 37.6 Å². The van der Waals surface area contributed by atoms with Gasteiger partial charge in [0.25, 0.3) is 0 Å². The van der Waals surface area contributed by atoms with Gasteiger partial charge in [-0.25, -0.2) is 0 Å². The van der Waals surface area contributed by atoms with Crippen LogP contribution in [0.25, 0.3) is 0 Å². The zero-order valence-corrected chi connectivity index (χ0v) is 15.4. The molecule has 2 aliphatic heterocycles. The summed E-state index contributed by atoms with van der Waals surface area (Å²) in [6.07, 6.45) is 5.71. The first-order valence-electron chi connectivity index (χ1n) is 8.65. The first kappa shape index (κ1) is 20.7. The largest absolute Gasteiger partial charge is 0.396 e. The van der Waals surface area contributed by atoms with Gasteiger partial charge < -0.3 is 20.1 Å². The van der Waals surface area contributed by atoms with E-state index in [4.69, 9.17) is 4.74 Å². The van der Waals surface area contributed by atoms with Crippen LogP contribution in [0.4, 0.5) is 0 Å². The molecule has 0 saturated carbocycles. The average Bonchev–Trinajstić information content (AvgIpc) is 2.55. The summed E-state index contributed by atoms with van der Waals surface area (Å²) in [5.41, 5.74) is -0.355. The van der Waals surface area contributed by atoms with Crippen LogP contribution >= 0.6 is 12.4 Å². The van der Waals surface area contributed by atoms with Crippen LogP contribution in [0.15, 0.2) is 0 Å². The summed E-state index contributed by atoms with van der Waals surface area (Å²) in [4.78, 5) is 15.0. The van der Waals surface area contributed by atoms with Gasteiger partial charge in [-0.05, 0) is 51.6 Å². The number of hydrogen-bond donors (Lipinski definition) is 2. The van der Waals surface area contributed by atoms with E-state index in [1.54, 1.807) is 7.11 Å². The molecular formula is C17H33ClN2O3. The molecule has 0 spiro atoms. The summed E-state index contributed by atoms with van der Waals surface area (Å²) in [5, 5.41) is 13.3. The van der Waals surface area contributed by atoms with Gasteiger partial charge in [0.2, 0.25) is 5.91 Å². The van der Waals surface area contributed by atoms with Crippen LogP contribution in [-0.4, -0.2) is 62.4 Å². The lowest BCUT2D eigenvalue weighted by molar-refractivity contribution is -0.147. The number of aliphatic hydroxyl groups is 1. The molecule has 0 radical (unpaired) electrons. The Balaban J connectivity index is 0.00000264. The van der Waals surface area contributed by atoms with E-state index in [9.17, 15) is 9.90 Å². The highest BCUT2D eigenvalue weighted by Crippen LogP contribution is 2.38. The summed E-state index contributed by atoms with van der Waals surface area (Å²) < 4.78 is 5.14. The van der Waals surface area contributed by atoms with Crippen LogP contribution in [-0.2, 0) is 9.53 Å². The van der Waals surface area contributed by atoms with Gasteiger partial charge in [0.15, 0.2) is 0 Å². The molecule has 0 aromatic rings. The lowest BCUT2D eigenvalue weighted by Gasteiger charge is -2.45. The molecule has 2 rings (SSSR count). The van der Waals surface area contributed by atoms with Crippen molar-refractivity contribution in [2.24, 2.45) is 10.8 Å².